The summed E-state index contributed by atoms with van der Waals surface area (Å²) < 4.78 is 12.0. The van der Waals surface area contributed by atoms with E-state index >= 15 is 0 Å². The number of rotatable bonds is 7. The Labute approximate surface area is 128 Å². The summed E-state index contributed by atoms with van der Waals surface area (Å²) in [5.74, 6) is 1.21. The number of halogens is 1. The van der Waals surface area contributed by atoms with Crippen molar-refractivity contribution in [2.45, 2.75) is 33.8 Å². The summed E-state index contributed by atoms with van der Waals surface area (Å²) in [4.78, 5) is 0. The lowest BCUT2D eigenvalue weighted by Gasteiger charge is -2.18. The smallest absolute Gasteiger partial charge is 0.175 e. The Morgan fingerprint density at radius 2 is 2.05 bits per heavy atom. The molecule has 4 nitrogen and oxygen atoms in total. The maximum absolute atomic E-state index is 9.21. The van der Waals surface area contributed by atoms with Gasteiger partial charge in [-0.3, -0.25) is 0 Å². The van der Waals surface area contributed by atoms with Gasteiger partial charge in [-0.2, -0.15) is 5.26 Å². The van der Waals surface area contributed by atoms with Crippen LogP contribution < -0.4 is 9.47 Å². The summed E-state index contributed by atoms with van der Waals surface area (Å²) in [6.07, 6.45) is 0.628. The predicted molar refractivity (Wildman–Crippen MR) is 80.7 cm³/mol. The van der Waals surface area contributed by atoms with Gasteiger partial charge >= 0.3 is 0 Å². The van der Waals surface area contributed by atoms with Gasteiger partial charge < -0.3 is 14.6 Å². The molecule has 0 bridgehead atoms. The van der Waals surface area contributed by atoms with Crippen molar-refractivity contribution >= 4 is 15.9 Å². The predicted octanol–water partition coefficient (Wildman–Crippen LogP) is 3.66. The molecule has 0 aliphatic heterocycles. The van der Waals surface area contributed by atoms with E-state index in [2.05, 4.69) is 22.0 Å². The normalized spacial score (nSPS) is 11.0. The lowest BCUT2D eigenvalue weighted by molar-refractivity contribution is 0.242. The first-order chi connectivity index (χ1) is 9.43. The van der Waals surface area contributed by atoms with E-state index in [-0.39, 0.29) is 6.61 Å². The standard InChI is InChI=1S/C15H20BrNO3/c1-4-19-13-8-11(9-18)7-12(16)14(13)20-6-5-15(2,3)10-17/h7-8,18H,4-6,9H2,1-3H3. The molecule has 0 aliphatic carbocycles. The third kappa shape index (κ3) is 4.69. The van der Waals surface area contributed by atoms with E-state index in [9.17, 15) is 5.11 Å². The Bertz CT molecular complexity index is 495. The average Bonchev–Trinajstić information content (AvgIpc) is 2.41. The number of hydrogen-bond acceptors (Lipinski definition) is 4. The number of nitrogens with zero attached hydrogens (tertiary/aromatic N) is 1. The highest BCUT2D eigenvalue weighted by molar-refractivity contribution is 9.10. The van der Waals surface area contributed by atoms with Crippen molar-refractivity contribution in [1.29, 1.82) is 5.26 Å². The second-order valence-electron chi connectivity index (χ2n) is 5.09. The lowest BCUT2D eigenvalue weighted by Crippen LogP contribution is -2.13. The van der Waals surface area contributed by atoms with E-state index in [4.69, 9.17) is 14.7 Å². The first-order valence-electron chi connectivity index (χ1n) is 6.53. The molecule has 0 spiro atoms. The largest absolute Gasteiger partial charge is 0.490 e. The third-order valence-electron chi connectivity index (χ3n) is 2.83. The Morgan fingerprint density at radius 3 is 2.60 bits per heavy atom. The molecule has 1 aromatic carbocycles. The molecule has 0 aromatic heterocycles. The SMILES string of the molecule is CCOc1cc(CO)cc(Br)c1OCCC(C)(C)C#N. The van der Waals surface area contributed by atoms with Crippen LogP contribution in [0.2, 0.25) is 0 Å². The molecule has 0 saturated carbocycles. The van der Waals surface area contributed by atoms with Crippen LogP contribution >= 0.6 is 15.9 Å². The molecule has 0 saturated heterocycles. The molecule has 0 aliphatic rings. The Morgan fingerprint density at radius 1 is 1.35 bits per heavy atom. The van der Waals surface area contributed by atoms with Crippen LogP contribution in [0.3, 0.4) is 0 Å². The quantitative estimate of drug-likeness (QED) is 0.821. The molecule has 0 amide bonds. The highest BCUT2D eigenvalue weighted by Crippen LogP contribution is 2.37. The van der Waals surface area contributed by atoms with E-state index in [1.165, 1.54) is 0 Å². The van der Waals surface area contributed by atoms with Gasteiger partial charge in [-0.15, -0.1) is 0 Å². The number of aliphatic hydroxyl groups is 1. The minimum atomic E-state index is -0.413. The van der Waals surface area contributed by atoms with Gasteiger partial charge in [0.1, 0.15) is 0 Å². The molecule has 1 aromatic rings. The minimum absolute atomic E-state index is 0.0551. The lowest BCUT2D eigenvalue weighted by atomic mass is 9.92. The van der Waals surface area contributed by atoms with E-state index in [0.717, 1.165) is 10.0 Å². The number of hydrogen-bond donors (Lipinski definition) is 1. The van der Waals surface area contributed by atoms with Crippen molar-refractivity contribution in [3.8, 4) is 17.6 Å². The topological polar surface area (TPSA) is 62.5 Å². The molecular weight excluding hydrogens is 322 g/mol. The van der Waals surface area contributed by atoms with Crippen LogP contribution in [0.15, 0.2) is 16.6 Å². The molecule has 0 atom stereocenters. The molecule has 0 heterocycles. The van der Waals surface area contributed by atoms with Gasteiger partial charge in [0.2, 0.25) is 0 Å². The van der Waals surface area contributed by atoms with Gasteiger partial charge in [-0.05, 0) is 60.8 Å². The van der Waals surface area contributed by atoms with E-state index < -0.39 is 5.41 Å². The molecule has 20 heavy (non-hydrogen) atoms. The highest BCUT2D eigenvalue weighted by atomic mass is 79.9. The van der Waals surface area contributed by atoms with Crippen LogP contribution in [0, 0.1) is 16.7 Å². The molecule has 1 rings (SSSR count). The zero-order valence-electron chi connectivity index (χ0n) is 12.1. The van der Waals surface area contributed by atoms with Crippen molar-refractivity contribution < 1.29 is 14.6 Å². The van der Waals surface area contributed by atoms with E-state index in [1.54, 1.807) is 12.1 Å². The van der Waals surface area contributed by atoms with Crippen LogP contribution in [0.25, 0.3) is 0 Å². The van der Waals surface area contributed by atoms with E-state index in [1.807, 2.05) is 20.8 Å². The van der Waals surface area contributed by atoms with Gasteiger partial charge in [0, 0.05) is 0 Å². The van der Waals surface area contributed by atoms with Crippen molar-refractivity contribution in [2.24, 2.45) is 5.41 Å². The Hall–Kier alpha value is -1.25. The fourth-order valence-corrected chi connectivity index (χ4v) is 2.18. The fraction of sp³-hybridized carbons (Fsp3) is 0.533. The number of ether oxygens (including phenoxy) is 2. The maximum atomic E-state index is 9.21. The Kier molecular flexibility index (Phi) is 6.31. The van der Waals surface area contributed by atoms with Crippen LogP contribution in [0.5, 0.6) is 11.5 Å². The summed E-state index contributed by atoms with van der Waals surface area (Å²) in [5, 5.41) is 18.2. The first kappa shape index (κ1) is 16.8. The number of aliphatic hydroxyl groups excluding tert-OH is 1. The summed E-state index contributed by atoms with van der Waals surface area (Å²) in [6.45, 7) is 6.54. The molecule has 110 valence electrons. The fourth-order valence-electron chi connectivity index (χ4n) is 1.58. The van der Waals surface area contributed by atoms with Crippen LogP contribution in [0.1, 0.15) is 32.8 Å². The van der Waals surface area contributed by atoms with Crippen molar-refractivity contribution in [2.75, 3.05) is 13.2 Å². The summed E-state index contributed by atoms with van der Waals surface area (Å²) >= 11 is 3.43. The average molecular weight is 342 g/mol. The maximum Gasteiger partial charge on any atom is 0.175 e. The van der Waals surface area contributed by atoms with Crippen LogP contribution in [0.4, 0.5) is 0 Å². The van der Waals surface area contributed by atoms with Gasteiger partial charge in [0.15, 0.2) is 11.5 Å². The molecule has 0 fully saturated rings. The number of benzene rings is 1. The van der Waals surface area contributed by atoms with E-state index in [0.29, 0.717) is 31.1 Å². The monoisotopic (exact) mass is 341 g/mol. The van der Waals surface area contributed by atoms with Gasteiger partial charge in [0.25, 0.3) is 0 Å². The molecule has 1 N–H and O–H groups in total. The van der Waals surface area contributed by atoms with Gasteiger partial charge in [0.05, 0.1) is 35.8 Å². The van der Waals surface area contributed by atoms with Crippen molar-refractivity contribution in [3.05, 3.63) is 22.2 Å². The summed E-state index contributed by atoms with van der Waals surface area (Å²) in [5.41, 5.74) is 0.341. The first-order valence-corrected chi connectivity index (χ1v) is 7.33. The molecule has 0 radical (unpaired) electrons. The molecule has 5 heteroatoms. The van der Waals surface area contributed by atoms with Crippen molar-refractivity contribution in [1.82, 2.24) is 0 Å². The highest BCUT2D eigenvalue weighted by Gasteiger charge is 2.18. The van der Waals surface area contributed by atoms with Crippen molar-refractivity contribution in [3.63, 3.8) is 0 Å². The van der Waals surface area contributed by atoms with Crippen LogP contribution in [-0.4, -0.2) is 18.3 Å². The zero-order valence-corrected chi connectivity index (χ0v) is 13.7. The third-order valence-corrected chi connectivity index (χ3v) is 3.42. The minimum Gasteiger partial charge on any atom is -0.490 e. The summed E-state index contributed by atoms with van der Waals surface area (Å²) in [6, 6.07) is 5.81. The summed E-state index contributed by atoms with van der Waals surface area (Å²) in [7, 11) is 0. The second-order valence-corrected chi connectivity index (χ2v) is 5.94. The second kappa shape index (κ2) is 7.51. The molecule has 0 unspecified atom stereocenters. The van der Waals surface area contributed by atoms with Crippen LogP contribution in [-0.2, 0) is 6.61 Å². The van der Waals surface area contributed by atoms with Gasteiger partial charge in [-0.25, -0.2) is 0 Å². The zero-order chi connectivity index (χ0) is 15.2. The Balaban J connectivity index is 2.85. The van der Waals surface area contributed by atoms with Gasteiger partial charge in [-0.1, -0.05) is 0 Å². The number of nitriles is 1. The molecular formula is C15H20BrNO3.